The Bertz CT molecular complexity index is 780. The third-order valence-corrected chi connectivity index (χ3v) is 6.32. The number of nitrogen functional groups attached to an aromatic ring is 1. The maximum Gasteiger partial charge on any atom is 0.246 e. The number of hydrogen-bond acceptors (Lipinski definition) is 4. The maximum atomic E-state index is 14.0. The smallest absolute Gasteiger partial charge is 0.246 e. The van der Waals surface area contributed by atoms with E-state index in [1.807, 2.05) is 5.38 Å². The standard InChI is InChI=1S/C12H11BrClFN2O2S2/c1-17(5-7-2-11(13)20-6-7)21(18,19)10-4-8(14)3-9(16)12(10)15/h2-4,6H,5,16H2,1H3. The number of halogens is 3. The first-order valence-electron chi connectivity index (χ1n) is 5.65. The van der Waals surface area contributed by atoms with Crippen LogP contribution in [0.3, 0.4) is 0 Å². The number of anilines is 1. The van der Waals surface area contributed by atoms with Crippen LogP contribution in [-0.2, 0) is 16.6 Å². The second-order valence-corrected chi connectivity index (χ2v) is 9.07. The minimum Gasteiger partial charge on any atom is -0.396 e. The molecule has 9 heteroatoms. The van der Waals surface area contributed by atoms with Crippen LogP contribution in [0.2, 0.25) is 5.02 Å². The molecule has 1 heterocycles. The molecule has 21 heavy (non-hydrogen) atoms. The molecule has 1 aromatic heterocycles. The highest BCUT2D eigenvalue weighted by Gasteiger charge is 2.26. The molecule has 0 amide bonds. The summed E-state index contributed by atoms with van der Waals surface area (Å²) in [5.41, 5.74) is 5.93. The van der Waals surface area contributed by atoms with Crippen LogP contribution in [-0.4, -0.2) is 19.8 Å². The summed E-state index contributed by atoms with van der Waals surface area (Å²) < 4.78 is 40.8. The number of rotatable bonds is 4. The molecule has 0 aliphatic carbocycles. The van der Waals surface area contributed by atoms with E-state index in [1.165, 1.54) is 24.5 Å². The van der Waals surface area contributed by atoms with Crippen molar-refractivity contribution in [3.8, 4) is 0 Å². The lowest BCUT2D eigenvalue weighted by atomic mass is 10.3. The molecule has 2 N–H and O–H groups in total. The van der Waals surface area contributed by atoms with Gasteiger partial charge in [0.05, 0.1) is 9.47 Å². The first kappa shape index (κ1) is 16.7. The SMILES string of the molecule is CN(Cc1csc(Br)c1)S(=O)(=O)c1cc(Cl)cc(N)c1F. The van der Waals surface area contributed by atoms with Crippen molar-refractivity contribution in [1.82, 2.24) is 4.31 Å². The van der Waals surface area contributed by atoms with Gasteiger partial charge in [0.25, 0.3) is 0 Å². The van der Waals surface area contributed by atoms with Crippen molar-refractivity contribution in [1.29, 1.82) is 0 Å². The normalized spacial score (nSPS) is 12.0. The van der Waals surface area contributed by atoms with Crippen molar-refractivity contribution in [3.63, 3.8) is 0 Å². The van der Waals surface area contributed by atoms with Crippen molar-refractivity contribution in [2.24, 2.45) is 0 Å². The van der Waals surface area contributed by atoms with Gasteiger partial charge in [-0.3, -0.25) is 0 Å². The summed E-state index contributed by atoms with van der Waals surface area (Å²) in [4.78, 5) is -0.524. The van der Waals surface area contributed by atoms with Crippen molar-refractivity contribution >= 4 is 54.6 Å². The summed E-state index contributed by atoms with van der Waals surface area (Å²) >= 11 is 10.5. The van der Waals surface area contributed by atoms with Gasteiger partial charge in [0.15, 0.2) is 5.82 Å². The van der Waals surface area contributed by atoms with E-state index in [1.54, 1.807) is 6.07 Å². The van der Waals surface area contributed by atoms with E-state index >= 15 is 0 Å². The van der Waals surface area contributed by atoms with Gasteiger partial charge in [-0.2, -0.15) is 4.31 Å². The fourth-order valence-electron chi connectivity index (χ4n) is 1.71. The molecule has 0 spiro atoms. The van der Waals surface area contributed by atoms with E-state index < -0.39 is 20.7 Å². The fraction of sp³-hybridized carbons (Fsp3) is 0.167. The number of nitrogens with zero attached hydrogens (tertiary/aromatic N) is 1. The molecular formula is C12H11BrClFN2O2S2. The van der Waals surface area contributed by atoms with Gasteiger partial charge in [-0.1, -0.05) is 11.6 Å². The summed E-state index contributed by atoms with van der Waals surface area (Å²) in [6, 6.07) is 4.04. The second kappa shape index (κ2) is 6.21. The molecule has 0 unspecified atom stereocenters. The molecule has 0 radical (unpaired) electrons. The lowest BCUT2D eigenvalue weighted by molar-refractivity contribution is 0.460. The average Bonchev–Trinajstić information content (AvgIpc) is 2.79. The van der Waals surface area contributed by atoms with Gasteiger partial charge in [-0.25, -0.2) is 12.8 Å². The van der Waals surface area contributed by atoms with Crippen LogP contribution in [0.15, 0.2) is 32.3 Å². The van der Waals surface area contributed by atoms with Gasteiger partial charge in [0.1, 0.15) is 4.90 Å². The van der Waals surface area contributed by atoms with Crippen LogP contribution in [0.5, 0.6) is 0 Å². The first-order chi connectivity index (χ1) is 9.71. The zero-order chi connectivity index (χ0) is 15.8. The highest BCUT2D eigenvalue weighted by Crippen LogP contribution is 2.28. The van der Waals surface area contributed by atoms with Gasteiger partial charge in [0, 0.05) is 18.6 Å². The lowest BCUT2D eigenvalue weighted by Gasteiger charge is -2.17. The van der Waals surface area contributed by atoms with E-state index in [2.05, 4.69) is 15.9 Å². The number of nitrogens with two attached hydrogens (primary N) is 1. The van der Waals surface area contributed by atoms with Crippen molar-refractivity contribution in [2.45, 2.75) is 11.4 Å². The third kappa shape index (κ3) is 3.57. The van der Waals surface area contributed by atoms with E-state index in [0.29, 0.717) is 0 Å². The van der Waals surface area contributed by atoms with Crippen LogP contribution in [0.1, 0.15) is 5.56 Å². The quantitative estimate of drug-likeness (QED) is 0.777. The first-order valence-corrected chi connectivity index (χ1v) is 9.14. The van der Waals surface area contributed by atoms with Crippen LogP contribution >= 0.6 is 38.9 Å². The van der Waals surface area contributed by atoms with Crippen molar-refractivity contribution in [3.05, 3.63) is 43.8 Å². The van der Waals surface area contributed by atoms with Crippen molar-refractivity contribution < 1.29 is 12.8 Å². The molecular weight excluding hydrogens is 403 g/mol. The van der Waals surface area contributed by atoms with E-state index in [0.717, 1.165) is 19.7 Å². The average molecular weight is 414 g/mol. The van der Waals surface area contributed by atoms with Crippen LogP contribution < -0.4 is 5.73 Å². The summed E-state index contributed by atoms with van der Waals surface area (Å²) in [6.45, 7) is 0.121. The molecule has 114 valence electrons. The Morgan fingerprint density at radius 3 is 2.67 bits per heavy atom. The number of thiophene rings is 1. The van der Waals surface area contributed by atoms with Gasteiger partial charge < -0.3 is 5.73 Å². The lowest BCUT2D eigenvalue weighted by Crippen LogP contribution is -2.27. The molecule has 0 saturated heterocycles. The number of hydrogen-bond donors (Lipinski definition) is 1. The molecule has 2 aromatic rings. The van der Waals surface area contributed by atoms with E-state index in [9.17, 15) is 12.8 Å². The summed E-state index contributed by atoms with van der Waals surface area (Å²) in [5.74, 6) is -0.988. The molecule has 0 aliphatic rings. The largest absolute Gasteiger partial charge is 0.396 e. The van der Waals surface area contributed by atoms with Gasteiger partial charge >= 0.3 is 0 Å². The number of sulfonamides is 1. The maximum absolute atomic E-state index is 14.0. The molecule has 0 aliphatic heterocycles. The highest BCUT2D eigenvalue weighted by atomic mass is 79.9. The monoisotopic (exact) mass is 412 g/mol. The number of benzene rings is 1. The highest BCUT2D eigenvalue weighted by molar-refractivity contribution is 9.11. The predicted molar refractivity (Wildman–Crippen MR) is 86.5 cm³/mol. The topological polar surface area (TPSA) is 63.4 Å². The zero-order valence-electron chi connectivity index (χ0n) is 10.8. The molecule has 0 saturated carbocycles. The van der Waals surface area contributed by atoms with Crippen molar-refractivity contribution in [2.75, 3.05) is 12.8 Å². The molecule has 4 nitrogen and oxygen atoms in total. The molecule has 0 fully saturated rings. The Morgan fingerprint density at radius 1 is 1.43 bits per heavy atom. The Labute approximate surface area is 139 Å². The fourth-order valence-corrected chi connectivity index (χ4v) is 4.48. The second-order valence-electron chi connectivity index (χ2n) is 4.33. The summed E-state index contributed by atoms with van der Waals surface area (Å²) in [5, 5.41) is 1.89. The van der Waals surface area contributed by atoms with Gasteiger partial charge in [-0.05, 0) is 45.1 Å². The minimum atomic E-state index is -4.02. The Morgan fingerprint density at radius 2 is 2.10 bits per heavy atom. The Kier molecular flexibility index (Phi) is 4.94. The van der Waals surface area contributed by atoms with Crippen LogP contribution in [0.25, 0.3) is 0 Å². The summed E-state index contributed by atoms with van der Waals surface area (Å²) in [7, 11) is -2.65. The predicted octanol–water partition coefficient (Wildman–Crippen LogP) is 3.71. The van der Waals surface area contributed by atoms with Gasteiger partial charge in [-0.15, -0.1) is 11.3 Å². The Balaban J connectivity index is 2.37. The van der Waals surface area contributed by atoms with Gasteiger partial charge in [0.2, 0.25) is 10.0 Å². The van der Waals surface area contributed by atoms with E-state index in [4.69, 9.17) is 17.3 Å². The third-order valence-electron chi connectivity index (χ3n) is 2.75. The summed E-state index contributed by atoms with van der Waals surface area (Å²) in [6.07, 6.45) is 0. The molecule has 0 atom stereocenters. The zero-order valence-corrected chi connectivity index (χ0v) is 14.8. The molecule has 1 aromatic carbocycles. The van der Waals surface area contributed by atoms with E-state index in [-0.39, 0.29) is 17.3 Å². The van der Waals surface area contributed by atoms with Crippen LogP contribution in [0, 0.1) is 5.82 Å². The molecule has 2 rings (SSSR count). The van der Waals surface area contributed by atoms with Crippen LogP contribution in [0.4, 0.5) is 10.1 Å². The minimum absolute atomic E-state index is 0.0687. The molecule has 0 bridgehead atoms. The Hall–Kier alpha value is -0.670.